The zero-order chi connectivity index (χ0) is 21.0. The van der Waals surface area contributed by atoms with E-state index in [2.05, 4.69) is 5.32 Å². The normalized spacial score (nSPS) is 12.6. The second kappa shape index (κ2) is 8.46. The van der Waals surface area contributed by atoms with Gasteiger partial charge in [0.2, 0.25) is 5.91 Å². The molecule has 1 unspecified atom stereocenters. The van der Waals surface area contributed by atoms with Crippen molar-refractivity contribution in [1.29, 1.82) is 0 Å². The monoisotopic (exact) mass is 407 g/mol. The van der Waals surface area contributed by atoms with Crippen LogP contribution in [0.3, 0.4) is 0 Å². The number of hydrogen-bond donors (Lipinski definition) is 1. The minimum absolute atomic E-state index is 0.0722. The summed E-state index contributed by atoms with van der Waals surface area (Å²) in [5.74, 6) is 0.0901. The van der Waals surface area contributed by atoms with Crippen molar-refractivity contribution in [2.24, 2.45) is 0 Å². The first-order chi connectivity index (χ1) is 13.8. The van der Waals surface area contributed by atoms with E-state index in [0.717, 1.165) is 11.5 Å². The van der Waals surface area contributed by atoms with E-state index in [1.54, 1.807) is 32.2 Å². The summed E-state index contributed by atoms with van der Waals surface area (Å²) in [6.45, 7) is 1.56. The number of carbonyl (C=O) groups is 1. The average Bonchev–Trinajstić information content (AvgIpc) is 3.07. The van der Waals surface area contributed by atoms with Crippen molar-refractivity contribution in [3.05, 3.63) is 59.9 Å². The molecule has 1 atom stereocenters. The molecule has 2 aromatic carbocycles. The molecule has 1 heterocycles. The van der Waals surface area contributed by atoms with Gasteiger partial charge in [-0.05, 0) is 31.2 Å². The first-order valence-electron chi connectivity index (χ1n) is 8.90. The van der Waals surface area contributed by atoms with Crippen LogP contribution in [0.5, 0.6) is 11.5 Å². The van der Waals surface area contributed by atoms with E-state index < -0.39 is 17.8 Å². The van der Waals surface area contributed by atoms with Crippen LogP contribution in [0.15, 0.2) is 53.1 Å². The van der Waals surface area contributed by atoms with Gasteiger partial charge >= 0.3 is 6.18 Å². The minimum Gasteiger partial charge on any atom is -0.497 e. The average molecular weight is 407 g/mol. The molecule has 0 bridgehead atoms. The Kier molecular flexibility index (Phi) is 6.00. The van der Waals surface area contributed by atoms with Crippen LogP contribution in [-0.4, -0.2) is 25.7 Å². The fourth-order valence-corrected chi connectivity index (χ4v) is 2.91. The molecule has 154 valence electrons. The smallest absolute Gasteiger partial charge is 0.419 e. The number of alkyl halides is 3. The third-order valence-corrected chi connectivity index (χ3v) is 4.30. The first kappa shape index (κ1) is 20.6. The SMILES string of the molecule is COc1ccc2c(CC(=O)NC(C)COc3ccccc3C(F)(F)F)coc2c1. The quantitative estimate of drug-likeness (QED) is 0.623. The van der Waals surface area contributed by atoms with E-state index in [4.69, 9.17) is 13.9 Å². The van der Waals surface area contributed by atoms with E-state index in [9.17, 15) is 18.0 Å². The first-order valence-corrected chi connectivity index (χ1v) is 8.90. The van der Waals surface area contributed by atoms with Crippen molar-refractivity contribution in [2.45, 2.75) is 25.6 Å². The van der Waals surface area contributed by atoms with Crippen LogP contribution in [0.25, 0.3) is 11.0 Å². The van der Waals surface area contributed by atoms with Crippen LogP contribution in [0.2, 0.25) is 0 Å². The Hall–Kier alpha value is -3.16. The molecular formula is C21H20F3NO4. The third kappa shape index (κ3) is 5.01. The molecule has 0 fully saturated rings. The van der Waals surface area contributed by atoms with Crippen molar-refractivity contribution in [2.75, 3.05) is 13.7 Å². The van der Waals surface area contributed by atoms with Crippen LogP contribution >= 0.6 is 0 Å². The highest BCUT2D eigenvalue weighted by Gasteiger charge is 2.34. The van der Waals surface area contributed by atoms with Crippen molar-refractivity contribution in [3.8, 4) is 11.5 Å². The van der Waals surface area contributed by atoms with Gasteiger partial charge in [-0.1, -0.05) is 12.1 Å². The largest absolute Gasteiger partial charge is 0.497 e. The Morgan fingerprint density at radius 2 is 1.97 bits per heavy atom. The topological polar surface area (TPSA) is 60.7 Å². The molecule has 5 nitrogen and oxygen atoms in total. The standard InChI is InChI=1S/C21H20F3NO4/c1-13(11-28-18-6-4-3-5-17(18)21(22,23)24)25-20(26)9-14-12-29-19-10-15(27-2)7-8-16(14)19/h3-8,10,12-13H,9,11H2,1-2H3,(H,25,26). The number of halogens is 3. The Morgan fingerprint density at radius 1 is 1.21 bits per heavy atom. The maximum absolute atomic E-state index is 13.0. The van der Waals surface area contributed by atoms with Gasteiger partial charge < -0.3 is 19.2 Å². The molecular weight excluding hydrogens is 387 g/mol. The summed E-state index contributed by atoms with van der Waals surface area (Å²) in [6, 6.07) is 9.79. The van der Waals surface area contributed by atoms with E-state index in [1.807, 2.05) is 0 Å². The molecule has 29 heavy (non-hydrogen) atoms. The summed E-state index contributed by atoms with van der Waals surface area (Å²) in [5.41, 5.74) is 0.460. The van der Waals surface area contributed by atoms with E-state index in [0.29, 0.717) is 16.9 Å². The number of benzene rings is 2. The van der Waals surface area contributed by atoms with Gasteiger partial charge in [0.25, 0.3) is 0 Å². The molecule has 0 aliphatic carbocycles. The molecule has 3 aromatic rings. The molecule has 1 N–H and O–H groups in total. The summed E-state index contributed by atoms with van der Waals surface area (Å²) in [5, 5.41) is 3.52. The summed E-state index contributed by atoms with van der Waals surface area (Å²) < 4.78 is 54.9. The van der Waals surface area contributed by atoms with Crippen LogP contribution in [-0.2, 0) is 17.4 Å². The Balaban J connectivity index is 1.58. The summed E-state index contributed by atoms with van der Waals surface area (Å²) in [7, 11) is 1.55. The van der Waals surface area contributed by atoms with Crippen LogP contribution in [0, 0.1) is 0 Å². The van der Waals surface area contributed by atoms with Crippen molar-refractivity contribution in [1.82, 2.24) is 5.32 Å². The van der Waals surface area contributed by atoms with Crippen LogP contribution in [0.1, 0.15) is 18.1 Å². The number of hydrogen-bond acceptors (Lipinski definition) is 4. The second-order valence-corrected chi connectivity index (χ2v) is 6.57. The van der Waals surface area contributed by atoms with Gasteiger partial charge in [-0.3, -0.25) is 4.79 Å². The van der Waals surface area contributed by atoms with Crippen LogP contribution < -0.4 is 14.8 Å². The molecule has 3 rings (SSSR count). The molecule has 0 saturated heterocycles. The molecule has 0 radical (unpaired) electrons. The van der Waals surface area contributed by atoms with Gasteiger partial charge in [0.05, 0.1) is 31.4 Å². The summed E-state index contributed by atoms with van der Waals surface area (Å²) >= 11 is 0. The zero-order valence-corrected chi connectivity index (χ0v) is 15.9. The predicted molar refractivity (Wildman–Crippen MR) is 101 cm³/mol. The summed E-state index contributed by atoms with van der Waals surface area (Å²) in [6.07, 6.45) is -2.93. The number of para-hydroxylation sites is 1. The van der Waals surface area contributed by atoms with E-state index in [1.165, 1.54) is 24.5 Å². The highest BCUT2D eigenvalue weighted by Crippen LogP contribution is 2.35. The maximum atomic E-state index is 13.0. The van der Waals surface area contributed by atoms with Gasteiger partial charge in [0.15, 0.2) is 0 Å². The number of nitrogens with one attached hydrogen (secondary N) is 1. The lowest BCUT2D eigenvalue weighted by Crippen LogP contribution is -2.37. The number of ether oxygens (including phenoxy) is 2. The Bertz CT molecular complexity index is 997. The van der Waals surface area contributed by atoms with Gasteiger partial charge in [-0.25, -0.2) is 0 Å². The van der Waals surface area contributed by atoms with Crippen molar-refractivity contribution in [3.63, 3.8) is 0 Å². The maximum Gasteiger partial charge on any atom is 0.419 e. The van der Waals surface area contributed by atoms with Crippen molar-refractivity contribution >= 4 is 16.9 Å². The van der Waals surface area contributed by atoms with E-state index >= 15 is 0 Å². The number of carbonyl (C=O) groups excluding carboxylic acids is 1. The highest BCUT2D eigenvalue weighted by atomic mass is 19.4. The lowest BCUT2D eigenvalue weighted by atomic mass is 10.1. The van der Waals surface area contributed by atoms with Gasteiger partial charge in [-0.2, -0.15) is 13.2 Å². The number of fused-ring (bicyclic) bond motifs is 1. The predicted octanol–water partition coefficient (Wildman–Crippen LogP) is 4.59. The fraction of sp³-hybridized carbons (Fsp3) is 0.286. The lowest BCUT2D eigenvalue weighted by Gasteiger charge is -2.17. The second-order valence-electron chi connectivity index (χ2n) is 6.57. The van der Waals surface area contributed by atoms with Gasteiger partial charge in [0, 0.05) is 17.0 Å². The molecule has 0 aliphatic heterocycles. The Labute approximate surface area is 165 Å². The zero-order valence-electron chi connectivity index (χ0n) is 15.9. The number of amides is 1. The van der Waals surface area contributed by atoms with Crippen molar-refractivity contribution < 1.29 is 31.9 Å². The van der Waals surface area contributed by atoms with Crippen LogP contribution in [0.4, 0.5) is 13.2 Å². The highest BCUT2D eigenvalue weighted by molar-refractivity contribution is 5.88. The fourth-order valence-electron chi connectivity index (χ4n) is 2.91. The van der Waals surface area contributed by atoms with Gasteiger partial charge in [0.1, 0.15) is 23.7 Å². The molecule has 0 aliphatic rings. The molecule has 8 heteroatoms. The minimum atomic E-state index is -4.51. The van der Waals surface area contributed by atoms with Gasteiger partial charge in [-0.15, -0.1) is 0 Å². The van der Waals surface area contributed by atoms with E-state index in [-0.39, 0.29) is 24.7 Å². The lowest BCUT2D eigenvalue weighted by molar-refractivity contribution is -0.139. The molecule has 0 saturated carbocycles. The Morgan fingerprint density at radius 3 is 2.69 bits per heavy atom. The summed E-state index contributed by atoms with van der Waals surface area (Å²) in [4.78, 5) is 12.3. The molecule has 1 amide bonds. The molecule has 1 aromatic heterocycles. The molecule has 0 spiro atoms. The number of rotatable bonds is 7. The third-order valence-electron chi connectivity index (χ3n) is 4.30. The number of methoxy groups -OCH3 is 1. The number of furan rings is 1.